The van der Waals surface area contributed by atoms with Gasteiger partial charge in [0.25, 0.3) is 0 Å². The zero-order valence-corrected chi connectivity index (χ0v) is 18.0. The SMILES string of the molecule is CC(=O)O[C@@H]1CC[C@]2(C)[C@H]3CC[C@@]4(C)[C@@H](OC(C)=O)CC[C@H]4[C@H]3[C@@H](C)[C@@]2(O)C1. The Kier molecular flexibility index (Phi) is 4.65. The maximum atomic E-state index is 12.0. The average Bonchev–Trinajstić information content (AvgIpc) is 2.99. The molecule has 5 nitrogen and oxygen atoms in total. The van der Waals surface area contributed by atoms with E-state index in [4.69, 9.17) is 9.47 Å². The van der Waals surface area contributed by atoms with Crippen LogP contribution in [0.4, 0.5) is 0 Å². The van der Waals surface area contributed by atoms with Crippen molar-refractivity contribution in [1.82, 2.24) is 0 Å². The van der Waals surface area contributed by atoms with Gasteiger partial charge in [0.05, 0.1) is 5.60 Å². The highest BCUT2D eigenvalue weighted by Crippen LogP contribution is 2.71. The summed E-state index contributed by atoms with van der Waals surface area (Å²) in [6, 6.07) is 0. The van der Waals surface area contributed by atoms with Crippen LogP contribution in [0.2, 0.25) is 0 Å². The maximum Gasteiger partial charge on any atom is 0.302 e. The van der Waals surface area contributed by atoms with Crippen molar-refractivity contribution in [2.75, 3.05) is 0 Å². The van der Waals surface area contributed by atoms with Crippen LogP contribution in [0.25, 0.3) is 0 Å². The minimum absolute atomic E-state index is 0.00187. The standard InChI is InChI=1S/C23H36O5/c1-13-20-17-6-7-19(28-15(3)25)21(17,4)10-9-18(20)22(5)11-8-16(27-14(2)24)12-23(13,22)26/h13,16-20,26H,6-12H2,1-5H3/t13-,16-,17+,18+,19+,20-,21-,22-,23+/m1/s1. The van der Waals surface area contributed by atoms with Gasteiger partial charge < -0.3 is 14.6 Å². The molecule has 28 heavy (non-hydrogen) atoms. The predicted molar refractivity (Wildman–Crippen MR) is 104 cm³/mol. The molecule has 1 N–H and O–H groups in total. The summed E-state index contributed by atoms with van der Waals surface area (Å²) in [6.07, 6.45) is 6.26. The summed E-state index contributed by atoms with van der Waals surface area (Å²) in [6.45, 7) is 9.75. The number of carbonyl (C=O) groups is 2. The number of fused-ring (bicyclic) bond motifs is 5. The van der Waals surface area contributed by atoms with E-state index in [2.05, 4.69) is 20.8 Å². The Balaban J connectivity index is 1.64. The summed E-state index contributed by atoms with van der Waals surface area (Å²) in [5, 5.41) is 12.0. The van der Waals surface area contributed by atoms with Crippen molar-refractivity contribution in [3.8, 4) is 0 Å². The molecule has 0 radical (unpaired) electrons. The molecule has 0 aromatic rings. The Bertz CT molecular complexity index is 676. The van der Waals surface area contributed by atoms with Crippen LogP contribution in [0.3, 0.4) is 0 Å². The van der Waals surface area contributed by atoms with Crippen LogP contribution in [-0.2, 0) is 19.1 Å². The summed E-state index contributed by atoms with van der Waals surface area (Å²) >= 11 is 0. The molecule has 0 spiro atoms. The Labute approximate surface area is 168 Å². The van der Waals surface area contributed by atoms with Crippen LogP contribution >= 0.6 is 0 Å². The quantitative estimate of drug-likeness (QED) is 0.723. The minimum Gasteiger partial charge on any atom is -0.462 e. The molecular formula is C23H36O5. The van der Waals surface area contributed by atoms with Gasteiger partial charge in [-0.3, -0.25) is 9.59 Å². The van der Waals surface area contributed by atoms with E-state index in [1.54, 1.807) is 0 Å². The van der Waals surface area contributed by atoms with Gasteiger partial charge in [-0.25, -0.2) is 0 Å². The molecule has 5 heteroatoms. The summed E-state index contributed by atoms with van der Waals surface area (Å²) in [5.41, 5.74) is -0.920. The summed E-state index contributed by atoms with van der Waals surface area (Å²) in [5.74, 6) is 1.11. The van der Waals surface area contributed by atoms with Crippen molar-refractivity contribution >= 4 is 11.9 Å². The zero-order valence-electron chi connectivity index (χ0n) is 18.0. The van der Waals surface area contributed by atoms with Crippen LogP contribution in [0.15, 0.2) is 0 Å². The Morgan fingerprint density at radius 2 is 1.61 bits per heavy atom. The Morgan fingerprint density at radius 3 is 2.25 bits per heavy atom. The molecule has 4 fully saturated rings. The van der Waals surface area contributed by atoms with Crippen LogP contribution in [-0.4, -0.2) is 34.9 Å². The van der Waals surface area contributed by atoms with E-state index in [1.807, 2.05) is 0 Å². The van der Waals surface area contributed by atoms with Gasteiger partial charge in [0.15, 0.2) is 0 Å². The van der Waals surface area contributed by atoms with E-state index in [1.165, 1.54) is 13.8 Å². The molecule has 0 heterocycles. The van der Waals surface area contributed by atoms with E-state index in [-0.39, 0.29) is 40.9 Å². The predicted octanol–water partition coefficient (Wildman–Crippen LogP) is 3.86. The fourth-order valence-corrected chi connectivity index (χ4v) is 8.21. The third kappa shape index (κ3) is 2.60. The molecule has 0 aliphatic heterocycles. The van der Waals surface area contributed by atoms with Crippen molar-refractivity contribution < 1.29 is 24.2 Å². The molecule has 0 bridgehead atoms. The first-order chi connectivity index (χ1) is 13.0. The van der Waals surface area contributed by atoms with E-state index in [9.17, 15) is 14.7 Å². The number of carbonyl (C=O) groups excluding carboxylic acids is 2. The average molecular weight is 393 g/mol. The lowest BCUT2D eigenvalue weighted by atomic mass is 9.55. The molecule has 0 amide bonds. The van der Waals surface area contributed by atoms with Gasteiger partial charge in [0.2, 0.25) is 0 Å². The smallest absolute Gasteiger partial charge is 0.302 e. The lowest BCUT2D eigenvalue weighted by Crippen LogP contribution is -2.54. The third-order valence-corrected chi connectivity index (χ3v) is 9.55. The van der Waals surface area contributed by atoms with E-state index in [0.717, 1.165) is 38.5 Å². The number of hydrogen-bond donors (Lipinski definition) is 1. The highest BCUT2D eigenvalue weighted by atomic mass is 16.5. The molecular weight excluding hydrogens is 356 g/mol. The summed E-state index contributed by atoms with van der Waals surface area (Å²) in [4.78, 5) is 23.1. The molecule has 158 valence electrons. The van der Waals surface area contributed by atoms with Gasteiger partial charge >= 0.3 is 11.9 Å². The van der Waals surface area contributed by atoms with Crippen LogP contribution < -0.4 is 0 Å². The largest absolute Gasteiger partial charge is 0.462 e. The first kappa shape index (κ1) is 20.2. The minimum atomic E-state index is -0.800. The van der Waals surface area contributed by atoms with Crippen LogP contribution in [0.1, 0.15) is 79.6 Å². The molecule has 0 unspecified atom stereocenters. The molecule has 0 aromatic heterocycles. The fraction of sp³-hybridized carbons (Fsp3) is 0.913. The maximum absolute atomic E-state index is 12.0. The van der Waals surface area contributed by atoms with Gasteiger partial charge in [0.1, 0.15) is 12.2 Å². The molecule has 0 aromatic carbocycles. The van der Waals surface area contributed by atoms with Gasteiger partial charge in [-0.05, 0) is 67.6 Å². The second-order valence-corrected chi connectivity index (χ2v) is 10.6. The highest BCUT2D eigenvalue weighted by Gasteiger charge is 2.71. The second-order valence-electron chi connectivity index (χ2n) is 10.6. The molecule has 4 aliphatic carbocycles. The van der Waals surface area contributed by atoms with Crippen molar-refractivity contribution in [2.24, 2.45) is 34.5 Å². The lowest BCUT2D eigenvalue weighted by molar-refractivity contribution is -0.173. The Morgan fingerprint density at radius 1 is 0.929 bits per heavy atom. The molecule has 0 saturated heterocycles. The van der Waals surface area contributed by atoms with E-state index in [0.29, 0.717) is 24.2 Å². The van der Waals surface area contributed by atoms with Gasteiger partial charge in [-0.2, -0.15) is 0 Å². The van der Waals surface area contributed by atoms with Crippen LogP contribution in [0, 0.1) is 34.5 Å². The number of ether oxygens (including phenoxy) is 2. The van der Waals surface area contributed by atoms with Crippen molar-refractivity contribution in [1.29, 1.82) is 0 Å². The normalized spacial score (nSPS) is 52.4. The van der Waals surface area contributed by atoms with Gasteiger partial charge in [-0.1, -0.05) is 20.8 Å². The van der Waals surface area contributed by atoms with Crippen molar-refractivity contribution in [3.63, 3.8) is 0 Å². The highest BCUT2D eigenvalue weighted by molar-refractivity contribution is 5.66. The molecule has 4 saturated carbocycles. The first-order valence-electron chi connectivity index (χ1n) is 11.1. The number of esters is 2. The molecule has 9 atom stereocenters. The first-order valence-corrected chi connectivity index (χ1v) is 11.1. The second kappa shape index (κ2) is 6.45. The molecule has 4 aliphatic rings. The third-order valence-electron chi connectivity index (χ3n) is 9.55. The number of hydrogen-bond acceptors (Lipinski definition) is 5. The van der Waals surface area contributed by atoms with E-state index >= 15 is 0 Å². The fourth-order valence-electron chi connectivity index (χ4n) is 8.21. The number of aliphatic hydroxyl groups is 1. The van der Waals surface area contributed by atoms with E-state index < -0.39 is 5.60 Å². The topological polar surface area (TPSA) is 72.8 Å². The Hall–Kier alpha value is -1.10. The van der Waals surface area contributed by atoms with Crippen molar-refractivity contribution in [2.45, 2.75) is 97.4 Å². The summed E-state index contributed by atoms with van der Waals surface area (Å²) < 4.78 is 11.3. The van der Waals surface area contributed by atoms with Gasteiger partial charge in [0, 0.05) is 25.7 Å². The van der Waals surface area contributed by atoms with Crippen LogP contribution in [0.5, 0.6) is 0 Å². The number of rotatable bonds is 2. The monoisotopic (exact) mass is 392 g/mol. The molecule has 4 rings (SSSR count). The van der Waals surface area contributed by atoms with Crippen molar-refractivity contribution in [3.05, 3.63) is 0 Å². The summed E-state index contributed by atoms with van der Waals surface area (Å²) in [7, 11) is 0. The lowest BCUT2D eigenvalue weighted by Gasteiger charge is -2.52. The van der Waals surface area contributed by atoms with Gasteiger partial charge in [-0.15, -0.1) is 0 Å². The zero-order chi connectivity index (χ0) is 20.5.